The van der Waals surface area contributed by atoms with Crippen molar-refractivity contribution in [2.75, 3.05) is 19.7 Å². The van der Waals surface area contributed by atoms with Gasteiger partial charge >= 0.3 is 0 Å². The molecule has 1 aliphatic heterocycles. The van der Waals surface area contributed by atoms with E-state index in [1.165, 1.54) is 22.6 Å². The minimum atomic E-state index is -0.218. The van der Waals surface area contributed by atoms with Crippen LogP contribution in [0.25, 0.3) is 0 Å². The van der Waals surface area contributed by atoms with Crippen molar-refractivity contribution in [1.82, 2.24) is 10.3 Å². The number of nitrogen functional groups attached to an aromatic ring is 1. The summed E-state index contributed by atoms with van der Waals surface area (Å²) in [5, 5.41) is 0. The van der Waals surface area contributed by atoms with Gasteiger partial charge in [-0.25, -0.2) is 5.84 Å². The predicted molar refractivity (Wildman–Crippen MR) is 80.5 cm³/mol. The van der Waals surface area contributed by atoms with Crippen molar-refractivity contribution in [3.8, 4) is 0 Å². The third kappa shape index (κ3) is 4.28. The molecule has 0 aromatic carbocycles. The highest BCUT2D eigenvalue weighted by molar-refractivity contribution is 7.14. The van der Waals surface area contributed by atoms with Crippen LogP contribution >= 0.6 is 11.3 Å². The minimum Gasteiger partial charge on any atom is -0.377 e. The maximum absolute atomic E-state index is 11.4. The Balaban J connectivity index is 1.86. The molecule has 1 aromatic heterocycles. The Morgan fingerprint density at radius 2 is 2.45 bits per heavy atom. The van der Waals surface area contributed by atoms with Crippen molar-refractivity contribution in [2.24, 2.45) is 5.84 Å². The van der Waals surface area contributed by atoms with Crippen molar-refractivity contribution in [1.29, 1.82) is 0 Å². The Bertz CT molecular complexity index is 436. The smallest absolute Gasteiger partial charge is 0.275 e. The average Bonchev–Trinajstić information content (AvgIpc) is 2.93. The molecule has 2 rings (SSSR count). The molecule has 1 saturated heterocycles. The van der Waals surface area contributed by atoms with E-state index in [4.69, 9.17) is 10.6 Å². The van der Waals surface area contributed by atoms with E-state index >= 15 is 0 Å². The summed E-state index contributed by atoms with van der Waals surface area (Å²) in [7, 11) is 0. The van der Waals surface area contributed by atoms with Gasteiger partial charge in [0.25, 0.3) is 5.91 Å². The summed E-state index contributed by atoms with van der Waals surface area (Å²) in [6.45, 7) is 5.95. The molecule has 1 aromatic rings. The quantitative estimate of drug-likeness (QED) is 0.477. The van der Waals surface area contributed by atoms with Crippen LogP contribution in [-0.2, 0) is 11.3 Å². The Labute approximate surface area is 124 Å². The van der Waals surface area contributed by atoms with Gasteiger partial charge in [0.15, 0.2) is 0 Å². The molecule has 0 aliphatic carbocycles. The lowest BCUT2D eigenvalue weighted by molar-refractivity contribution is -0.00198. The lowest BCUT2D eigenvalue weighted by Gasteiger charge is -2.32. The summed E-state index contributed by atoms with van der Waals surface area (Å²) in [6.07, 6.45) is 3.76. The lowest BCUT2D eigenvalue weighted by Crippen LogP contribution is -2.39. The van der Waals surface area contributed by atoms with Gasteiger partial charge in [0.1, 0.15) is 0 Å². The van der Waals surface area contributed by atoms with Gasteiger partial charge in [0.2, 0.25) is 0 Å². The Hall–Kier alpha value is -0.950. The number of nitrogens with zero attached hydrogens (tertiary/aromatic N) is 1. The van der Waals surface area contributed by atoms with Crippen LogP contribution in [0.1, 0.15) is 40.7 Å². The first-order valence-electron chi connectivity index (χ1n) is 7.16. The zero-order chi connectivity index (χ0) is 14.4. The van der Waals surface area contributed by atoms with Gasteiger partial charge in [0.05, 0.1) is 11.0 Å². The fraction of sp³-hybridized carbons (Fsp3) is 0.643. The molecular formula is C14H23N3O2S. The molecule has 1 unspecified atom stereocenters. The molecule has 112 valence electrons. The molecule has 2 heterocycles. The third-order valence-corrected chi connectivity index (χ3v) is 4.48. The second kappa shape index (κ2) is 7.73. The van der Waals surface area contributed by atoms with Crippen LogP contribution < -0.4 is 11.3 Å². The highest BCUT2D eigenvalue weighted by atomic mass is 32.1. The normalized spacial score (nSPS) is 20.0. The summed E-state index contributed by atoms with van der Waals surface area (Å²) in [6, 6.07) is 3.84. The molecular weight excluding hydrogens is 274 g/mol. The minimum absolute atomic E-state index is 0.218. The monoisotopic (exact) mass is 297 g/mol. The third-order valence-electron chi connectivity index (χ3n) is 3.42. The first kappa shape index (κ1) is 15.4. The predicted octanol–water partition coefficient (Wildman–Crippen LogP) is 1.74. The van der Waals surface area contributed by atoms with Gasteiger partial charge in [-0.05, 0) is 37.9 Å². The van der Waals surface area contributed by atoms with Crippen LogP contribution in [0.15, 0.2) is 12.1 Å². The highest BCUT2D eigenvalue weighted by Gasteiger charge is 2.21. The molecule has 1 fully saturated rings. The van der Waals surface area contributed by atoms with E-state index in [0.29, 0.717) is 11.0 Å². The number of thiophene rings is 1. The summed E-state index contributed by atoms with van der Waals surface area (Å²) in [5.74, 6) is 4.92. The summed E-state index contributed by atoms with van der Waals surface area (Å²) in [4.78, 5) is 15.7. The van der Waals surface area contributed by atoms with E-state index in [0.717, 1.165) is 39.1 Å². The van der Waals surface area contributed by atoms with Crippen molar-refractivity contribution in [3.63, 3.8) is 0 Å². The van der Waals surface area contributed by atoms with Gasteiger partial charge in [-0.3, -0.25) is 15.1 Å². The Morgan fingerprint density at radius 1 is 1.60 bits per heavy atom. The molecule has 20 heavy (non-hydrogen) atoms. The zero-order valence-electron chi connectivity index (χ0n) is 11.9. The van der Waals surface area contributed by atoms with E-state index in [2.05, 4.69) is 17.2 Å². The number of hydrazine groups is 1. The van der Waals surface area contributed by atoms with Gasteiger partial charge in [-0.2, -0.15) is 0 Å². The fourth-order valence-corrected chi connectivity index (χ4v) is 3.41. The van der Waals surface area contributed by atoms with E-state index < -0.39 is 0 Å². The maximum atomic E-state index is 11.4. The van der Waals surface area contributed by atoms with Crippen LogP contribution in [0.5, 0.6) is 0 Å². The van der Waals surface area contributed by atoms with Gasteiger partial charge in [-0.1, -0.05) is 6.92 Å². The van der Waals surface area contributed by atoms with E-state index in [1.54, 1.807) is 0 Å². The van der Waals surface area contributed by atoms with Gasteiger partial charge < -0.3 is 4.74 Å². The number of rotatable bonds is 6. The first-order chi connectivity index (χ1) is 9.72. The molecule has 0 radical (unpaired) electrons. The van der Waals surface area contributed by atoms with Crippen molar-refractivity contribution in [3.05, 3.63) is 21.9 Å². The van der Waals surface area contributed by atoms with Crippen LogP contribution in [-0.4, -0.2) is 36.6 Å². The molecule has 0 bridgehead atoms. The number of hydrogen-bond donors (Lipinski definition) is 2. The Kier molecular flexibility index (Phi) is 5.97. The molecule has 1 amide bonds. The Morgan fingerprint density at radius 3 is 3.20 bits per heavy atom. The number of nitrogens with two attached hydrogens (primary N) is 1. The van der Waals surface area contributed by atoms with Crippen LogP contribution in [0.2, 0.25) is 0 Å². The van der Waals surface area contributed by atoms with Gasteiger partial charge in [-0.15, -0.1) is 11.3 Å². The second-order valence-electron chi connectivity index (χ2n) is 5.11. The molecule has 1 aliphatic rings. The number of carbonyl (C=O) groups excluding carboxylic acids is 1. The summed E-state index contributed by atoms with van der Waals surface area (Å²) < 4.78 is 5.84. The molecule has 6 heteroatoms. The SMILES string of the molecule is CCCOC1CCCN(Cc2ccc(C(=O)NN)s2)C1. The maximum Gasteiger partial charge on any atom is 0.275 e. The van der Waals surface area contributed by atoms with Crippen molar-refractivity contribution < 1.29 is 9.53 Å². The topological polar surface area (TPSA) is 67.6 Å². The van der Waals surface area contributed by atoms with Crippen molar-refractivity contribution >= 4 is 17.2 Å². The van der Waals surface area contributed by atoms with E-state index in [1.807, 2.05) is 12.1 Å². The standard InChI is InChI=1S/C14H23N3O2S/c1-2-8-19-11-4-3-7-17(9-11)10-12-5-6-13(20-12)14(18)16-15/h5-6,11H,2-4,7-10,15H2,1H3,(H,16,18). The molecule has 1 atom stereocenters. The second-order valence-corrected chi connectivity index (χ2v) is 6.28. The summed E-state index contributed by atoms with van der Waals surface area (Å²) >= 11 is 1.50. The number of likely N-dealkylation sites (tertiary alicyclic amines) is 1. The van der Waals surface area contributed by atoms with Crippen LogP contribution in [0.3, 0.4) is 0 Å². The average molecular weight is 297 g/mol. The number of carbonyl (C=O) groups is 1. The molecule has 0 spiro atoms. The number of hydrogen-bond acceptors (Lipinski definition) is 5. The van der Waals surface area contributed by atoms with Crippen LogP contribution in [0.4, 0.5) is 0 Å². The summed E-state index contributed by atoms with van der Waals surface area (Å²) in [5.41, 5.74) is 2.17. The zero-order valence-corrected chi connectivity index (χ0v) is 12.7. The molecule has 0 saturated carbocycles. The molecule has 5 nitrogen and oxygen atoms in total. The number of ether oxygens (including phenoxy) is 1. The number of piperidine rings is 1. The molecule has 3 N–H and O–H groups in total. The highest BCUT2D eigenvalue weighted by Crippen LogP contribution is 2.21. The first-order valence-corrected chi connectivity index (χ1v) is 7.98. The van der Waals surface area contributed by atoms with Crippen molar-refractivity contribution in [2.45, 2.75) is 38.8 Å². The largest absolute Gasteiger partial charge is 0.377 e. The van der Waals surface area contributed by atoms with Gasteiger partial charge in [0, 0.05) is 24.6 Å². The fourth-order valence-electron chi connectivity index (χ4n) is 2.45. The van der Waals surface area contributed by atoms with E-state index in [-0.39, 0.29) is 5.91 Å². The number of nitrogens with one attached hydrogen (secondary N) is 1. The lowest BCUT2D eigenvalue weighted by atomic mass is 10.1. The van der Waals surface area contributed by atoms with E-state index in [9.17, 15) is 4.79 Å². The number of amides is 1. The van der Waals surface area contributed by atoms with Crippen LogP contribution in [0, 0.1) is 0 Å².